The summed E-state index contributed by atoms with van der Waals surface area (Å²) < 4.78 is 43.1. The van der Waals surface area contributed by atoms with Gasteiger partial charge in [-0.25, -0.2) is 8.42 Å². The smallest absolute Gasteiger partial charge is 0.240 e. The van der Waals surface area contributed by atoms with Gasteiger partial charge >= 0.3 is 0 Å². The van der Waals surface area contributed by atoms with Crippen molar-refractivity contribution < 1.29 is 27.4 Å². The van der Waals surface area contributed by atoms with Crippen LogP contribution in [0.15, 0.2) is 42.5 Å². The zero-order valence-electron chi connectivity index (χ0n) is 18.5. The van der Waals surface area contributed by atoms with Crippen LogP contribution in [0.2, 0.25) is 0 Å². The lowest BCUT2D eigenvalue weighted by molar-refractivity contribution is -0.119. The first-order chi connectivity index (χ1) is 15.4. The number of sulfonamides is 1. The van der Waals surface area contributed by atoms with Crippen LogP contribution in [-0.2, 0) is 21.2 Å². The van der Waals surface area contributed by atoms with Gasteiger partial charge in [-0.05, 0) is 50.5 Å². The van der Waals surface area contributed by atoms with Crippen molar-refractivity contribution in [1.82, 2.24) is 5.32 Å². The molecule has 1 amide bonds. The highest BCUT2D eigenvalue weighted by Crippen LogP contribution is 2.34. The van der Waals surface area contributed by atoms with Crippen LogP contribution in [0.25, 0.3) is 0 Å². The van der Waals surface area contributed by atoms with E-state index < -0.39 is 10.0 Å². The lowest BCUT2D eigenvalue weighted by Gasteiger charge is -2.25. The number of benzene rings is 2. The van der Waals surface area contributed by atoms with Crippen molar-refractivity contribution in [3.05, 3.63) is 48.0 Å². The number of carbonyl (C=O) groups excluding carboxylic acids is 1. The summed E-state index contributed by atoms with van der Waals surface area (Å²) in [4.78, 5) is 12.6. The van der Waals surface area contributed by atoms with Gasteiger partial charge in [0, 0.05) is 12.6 Å². The van der Waals surface area contributed by atoms with Gasteiger partial charge in [-0.2, -0.15) is 0 Å². The highest BCUT2D eigenvalue weighted by Gasteiger charge is 2.25. The van der Waals surface area contributed by atoms with Crippen LogP contribution in [0.3, 0.4) is 0 Å². The van der Waals surface area contributed by atoms with Gasteiger partial charge in [0.2, 0.25) is 15.9 Å². The highest BCUT2D eigenvalue weighted by molar-refractivity contribution is 7.92. The molecule has 2 aromatic rings. The average molecular weight is 463 g/mol. The predicted molar refractivity (Wildman–Crippen MR) is 123 cm³/mol. The van der Waals surface area contributed by atoms with E-state index in [1.807, 2.05) is 31.2 Å². The third kappa shape index (κ3) is 6.06. The summed E-state index contributed by atoms with van der Waals surface area (Å²) in [5.41, 5.74) is 1.45. The van der Waals surface area contributed by atoms with Crippen molar-refractivity contribution in [2.45, 2.75) is 26.7 Å². The van der Waals surface area contributed by atoms with Gasteiger partial charge in [-0.15, -0.1) is 0 Å². The molecule has 0 aromatic heterocycles. The summed E-state index contributed by atoms with van der Waals surface area (Å²) in [6, 6.07) is 12.7. The van der Waals surface area contributed by atoms with Gasteiger partial charge in [-0.3, -0.25) is 9.10 Å². The van der Waals surface area contributed by atoms with Gasteiger partial charge in [0.15, 0.2) is 11.5 Å². The van der Waals surface area contributed by atoms with Crippen molar-refractivity contribution in [1.29, 1.82) is 0 Å². The standard InChI is InChI=1S/C23H30N2O6S/c1-3-29-20-10-6-5-8-18(20)9-7-13-24-23(26)17-25(32(27,28)4-2)19-11-12-21-22(16-19)31-15-14-30-21/h5-6,8,10-12,16H,3-4,7,9,13-15,17H2,1-2H3,(H,24,26). The van der Waals surface area contributed by atoms with Crippen LogP contribution in [0, 0.1) is 0 Å². The fraction of sp³-hybridized carbons (Fsp3) is 0.435. The molecule has 1 aliphatic rings. The van der Waals surface area contributed by atoms with E-state index in [-0.39, 0.29) is 18.2 Å². The first kappa shape index (κ1) is 23.7. The Hall–Kier alpha value is -2.94. The van der Waals surface area contributed by atoms with E-state index in [0.717, 1.165) is 22.0 Å². The number of para-hydroxylation sites is 1. The fourth-order valence-electron chi connectivity index (χ4n) is 3.39. The lowest BCUT2D eigenvalue weighted by Crippen LogP contribution is -2.41. The topological polar surface area (TPSA) is 94.2 Å². The van der Waals surface area contributed by atoms with Crippen LogP contribution in [0.1, 0.15) is 25.8 Å². The number of amides is 1. The second kappa shape index (κ2) is 11.1. The molecule has 0 fully saturated rings. The zero-order valence-corrected chi connectivity index (χ0v) is 19.3. The van der Waals surface area contributed by atoms with Gasteiger partial charge in [0.1, 0.15) is 25.5 Å². The molecule has 0 saturated heterocycles. The summed E-state index contributed by atoms with van der Waals surface area (Å²) in [6.45, 7) is 5.05. The molecule has 174 valence electrons. The van der Waals surface area contributed by atoms with Gasteiger partial charge in [0.25, 0.3) is 0 Å². The average Bonchev–Trinajstić information content (AvgIpc) is 2.81. The van der Waals surface area contributed by atoms with Gasteiger partial charge < -0.3 is 19.5 Å². The summed E-state index contributed by atoms with van der Waals surface area (Å²) in [6.07, 6.45) is 1.45. The molecule has 0 aliphatic carbocycles. The number of nitrogens with zero attached hydrogens (tertiary/aromatic N) is 1. The Morgan fingerprint density at radius 1 is 1.09 bits per heavy atom. The van der Waals surface area contributed by atoms with E-state index in [0.29, 0.717) is 50.0 Å². The molecule has 0 unspecified atom stereocenters. The van der Waals surface area contributed by atoms with Crippen LogP contribution in [-0.4, -0.2) is 53.0 Å². The minimum absolute atomic E-state index is 0.122. The molecule has 0 radical (unpaired) electrons. The molecular weight excluding hydrogens is 432 g/mol. The van der Waals surface area contributed by atoms with Crippen molar-refractivity contribution in [2.75, 3.05) is 43.0 Å². The maximum Gasteiger partial charge on any atom is 0.240 e. The molecule has 2 aromatic carbocycles. The maximum atomic E-state index is 12.7. The molecular formula is C23H30N2O6S. The van der Waals surface area contributed by atoms with Crippen molar-refractivity contribution >= 4 is 21.6 Å². The molecule has 32 heavy (non-hydrogen) atoms. The van der Waals surface area contributed by atoms with E-state index in [1.165, 1.54) is 0 Å². The third-order valence-electron chi connectivity index (χ3n) is 5.02. The second-order valence-electron chi connectivity index (χ2n) is 7.23. The van der Waals surface area contributed by atoms with Crippen molar-refractivity contribution in [2.24, 2.45) is 0 Å². The molecule has 8 nitrogen and oxygen atoms in total. The molecule has 3 rings (SSSR count). The van der Waals surface area contributed by atoms with Crippen LogP contribution in [0.5, 0.6) is 17.2 Å². The van der Waals surface area contributed by atoms with E-state index in [1.54, 1.807) is 25.1 Å². The molecule has 0 atom stereocenters. The molecule has 0 bridgehead atoms. The molecule has 1 aliphatic heterocycles. The molecule has 0 spiro atoms. The summed E-state index contributed by atoms with van der Waals surface area (Å²) in [7, 11) is -3.66. The Morgan fingerprint density at radius 3 is 2.59 bits per heavy atom. The Labute approximate surface area is 189 Å². The van der Waals surface area contributed by atoms with Crippen molar-refractivity contribution in [3.63, 3.8) is 0 Å². The fourth-order valence-corrected chi connectivity index (χ4v) is 4.45. The van der Waals surface area contributed by atoms with E-state index in [4.69, 9.17) is 14.2 Å². The SMILES string of the molecule is CCOc1ccccc1CCCNC(=O)CN(c1ccc2c(c1)OCCO2)S(=O)(=O)CC. The van der Waals surface area contributed by atoms with Crippen LogP contribution >= 0.6 is 0 Å². The van der Waals surface area contributed by atoms with Gasteiger partial charge in [-0.1, -0.05) is 18.2 Å². The molecule has 9 heteroatoms. The van der Waals surface area contributed by atoms with E-state index >= 15 is 0 Å². The number of hydrogen-bond acceptors (Lipinski definition) is 6. The number of fused-ring (bicyclic) bond motifs is 1. The Kier molecular flexibility index (Phi) is 8.21. The first-order valence-corrected chi connectivity index (χ1v) is 12.4. The molecule has 1 heterocycles. The zero-order chi connectivity index (χ0) is 23.0. The normalized spacial score (nSPS) is 12.8. The number of nitrogens with one attached hydrogen (secondary N) is 1. The highest BCUT2D eigenvalue weighted by atomic mass is 32.2. The number of rotatable bonds is 11. The number of anilines is 1. The maximum absolute atomic E-state index is 12.7. The van der Waals surface area contributed by atoms with Crippen LogP contribution < -0.4 is 23.8 Å². The van der Waals surface area contributed by atoms with Gasteiger partial charge in [0.05, 0.1) is 18.0 Å². The summed E-state index contributed by atoms with van der Waals surface area (Å²) >= 11 is 0. The third-order valence-corrected chi connectivity index (χ3v) is 6.76. The minimum atomic E-state index is -3.66. The Bertz CT molecular complexity index is 1020. The summed E-state index contributed by atoms with van der Waals surface area (Å²) in [5, 5.41) is 2.82. The molecule has 0 saturated carbocycles. The van der Waals surface area contributed by atoms with Crippen molar-refractivity contribution in [3.8, 4) is 17.2 Å². The quantitative estimate of drug-likeness (QED) is 0.516. The predicted octanol–water partition coefficient (Wildman–Crippen LogP) is 2.76. The number of hydrogen-bond donors (Lipinski definition) is 1. The number of aryl methyl sites for hydroxylation is 1. The Morgan fingerprint density at radius 2 is 1.84 bits per heavy atom. The monoisotopic (exact) mass is 462 g/mol. The first-order valence-electron chi connectivity index (χ1n) is 10.8. The second-order valence-corrected chi connectivity index (χ2v) is 9.41. The molecule has 1 N–H and O–H groups in total. The lowest BCUT2D eigenvalue weighted by atomic mass is 10.1. The van der Waals surface area contributed by atoms with E-state index in [9.17, 15) is 13.2 Å². The minimum Gasteiger partial charge on any atom is -0.494 e. The van der Waals surface area contributed by atoms with Crippen LogP contribution in [0.4, 0.5) is 5.69 Å². The number of ether oxygens (including phenoxy) is 3. The summed E-state index contributed by atoms with van der Waals surface area (Å²) in [5.74, 6) is 1.39. The number of carbonyl (C=O) groups is 1. The van der Waals surface area contributed by atoms with E-state index in [2.05, 4.69) is 5.32 Å². The largest absolute Gasteiger partial charge is 0.494 e. The Balaban J connectivity index is 1.60.